The topological polar surface area (TPSA) is 134 Å². The van der Waals surface area contributed by atoms with Crippen LogP contribution in [-0.2, 0) is 7.05 Å². The Morgan fingerprint density at radius 1 is 1.22 bits per heavy atom. The zero-order valence-corrected chi connectivity index (χ0v) is 19.1. The average molecular weight is 491 g/mol. The van der Waals surface area contributed by atoms with Gasteiger partial charge in [0.2, 0.25) is 5.75 Å². The summed E-state index contributed by atoms with van der Waals surface area (Å²) in [5.74, 6) is -5.12. The SMILES string of the molecule is C[C@H](c1nc(C(=O)Nc2cnoc2)c(O)c(=O)n1C)[C@@H](c1ccc(F)cc1F)c1ccccc1C#N. The molecule has 0 saturated heterocycles. The van der Waals surface area contributed by atoms with Crippen LogP contribution in [0.3, 0.4) is 0 Å². The van der Waals surface area contributed by atoms with Crippen molar-refractivity contribution in [2.45, 2.75) is 18.8 Å². The first kappa shape index (κ1) is 24.3. The molecule has 2 heterocycles. The summed E-state index contributed by atoms with van der Waals surface area (Å²) < 4.78 is 34.4. The molecule has 0 unspecified atom stereocenters. The molecule has 0 aliphatic rings. The van der Waals surface area contributed by atoms with E-state index >= 15 is 4.39 Å². The number of aromatic hydroxyl groups is 1. The molecular formula is C25H19F2N5O4. The van der Waals surface area contributed by atoms with Gasteiger partial charge in [0.1, 0.15) is 29.4 Å². The lowest BCUT2D eigenvalue weighted by Gasteiger charge is -2.27. The molecule has 0 fully saturated rings. The Morgan fingerprint density at radius 3 is 2.64 bits per heavy atom. The van der Waals surface area contributed by atoms with Crippen molar-refractivity contribution in [2.24, 2.45) is 7.05 Å². The normalized spacial score (nSPS) is 12.5. The molecule has 1 amide bonds. The summed E-state index contributed by atoms with van der Waals surface area (Å²) in [6, 6.07) is 11.6. The zero-order valence-electron chi connectivity index (χ0n) is 19.1. The first-order valence-electron chi connectivity index (χ1n) is 10.7. The van der Waals surface area contributed by atoms with E-state index in [1.54, 1.807) is 31.2 Å². The minimum atomic E-state index is -0.908. The highest BCUT2D eigenvalue weighted by molar-refractivity contribution is 6.04. The lowest BCUT2D eigenvalue weighted by Crippen LogP contribution is -2.29. The number of halogens is 2. The number of nitrogens with one attached hydrogen (secondary N) is 1. The van der Waals surface area contributed by atoms with Crippen molar-refractivity contribution in [2.75, 3.05) is 5.32 Å². The quantitative estimate of drug-likeness (QED) is 0.419. The van der Waals surface area contributed by atoms with Crippen molar-refractivity contribution in [1.82, 2.24) is 14.7 Å². The number of hydrogen-bond acceptors (Lipinski definition) is 7. The van der Waals surface area contributed by atoms with Crippen LogP contribution in [0.25, 0.3) is 0 Å². The summed E-state index contributed by atoms with van der Waals surface area (Å²) in [7, 11) is 1.34. The number of nitriles is 1. The van der Waals surface area contributed by atoms with Gasteiger partial charge in [0.05, 0.1) is 17.8 Å². The van der Waals surface area contributed by atoms with Gasteiger partial charge in [-0.05, 0) is 23.3 Å². The predicted octanol–water partition coefficient (Wildman–Crippen LogP) is 3.81. The van der Waals surface area contributed by atoms with Crippen LogP contribution in [-0.4, -0.2) is 25.7 Å². The smallest absolute Gasteiger partial charge is 0.296 e. The van der Waals surface area contributed by atoms with Crippen LogP contribution in [0.15, 0.2) is 64.2 Å². The van der Waals surface area contributed by atoms with E-state index in [2.05, 4.69) is 26.0 Å². The highest BCUT2D eigenvalue weighted by Gasteiger charge is 2.32. The number of hydrogen-bond donors (Lipinski definition) is 2. The molecule has 0 aliphatic heterocycles. The molecule has 0 bridgehead atoms. The van der Waals surface area contributed by atoms with Gasteiger partial charge in [-0.2, -0.15) is 5.26 Å². The molecule has 36 heavy (non-hydrogen) atoms. The number of anilines is 1. The highest BCUT2D eigenvalue weighted by Crippen LogP contribution is 2.40. The van der Waals surface area contributed by atoms with Gasteiger partial charge >= 0.3 is 0 Å². The number of carbonyl (C=O) groups excluding carboxylic acids is 1. The molecule has 2 aromatic carbocycles. The van der Waals surface area contributed by atoms with E-state index in [4.69, 9.17) is 0 Å². The Bertz CT molecular complexity index is 1540. The Hall–Kier alpha value is -4.85. The minimum absolute atomic E-state index is 0.0229. The van der Waals surface area contributed by atoms with E-state index in [-0.39, 0.29) is 22.6 Å². The Morgan fingerprint density at radius 2 is 1.97 bits per heavy atom. The molecule has 4 rings (SSSR count). The second-order valence-electron chi connectivity index (χ2n) is 8.03. The van der Waals surface area contributed by atoms with Crippen molar-refractivity contribution < 1.29 is 23.2 Å². The fourth-order valence-electron chi connectivity index (χ4n) is 4.11. The summed E-state index contributed by atoms with van der Waals surface area (Å²) in [4.78, 5) is 29.9. The molecule has 2 aromatic heterocycles. The Labute approximate surface area is 203 Å². The lowest BCUT2D eigenvalue weighted by atomic mass is 9.79. The Kier molecular flexibility index (Phi) is 6.60. The first-order valence-corrected chi connectivity index (χ1v) is 10.7. The molecule has 0 spiro atoms. The molecule has 182 valence electrons. The van der Waals surface area contributed by atoms with Gasteiger partial charge in [-0.1, -0.05) is 36.3 Å². The van der Waals surface area contributed by atoms with Crippen molar-refractivity contribution in [3.8, 4) is 11.8 Å². The van der Waals surface area contributed by atoms with Crippen molar-refractivity contribution in [3.63, 3.8) is 0 Å². The van der Waals surface area contributed by atoms with Crippen LogP contribution in [0.5, 0.6) is 5.75 Å². The van der Waals surface area contributed by atoms with Crippen LogP contribution in [0.4, 0.5) is 14.5 Å². The largest absolute Gasteiger partial charge is 0.501 e. The standard InChI is InChI=1S/C25H19F2N5O4/c1-13(20(17-6-4-3-5-14(17)10-28)18-8-7-15(26)9-19(18)27)23-31-21(22(33)25(35)32(23)2)24(34)30-16-11-29-36-12-16/h3-9,11-13,20,33H,1-2H3,(H,30,34)/t13-,20+/m0/s1. The summed E-state index contributed by atoms with van der Waals surface area (Å²) in [6.07, 6.45) is 2.36. The van der Waals surface area contributed by atoms with E-state index in [1.807, 2.05) is 0 Å². The molecular weight excluding hydrogens is 472 g/mol. The number of carbonyl (C=O) groups is 1. The molecule has 0 saturated carbocycles. The van der Waals surface area contributed by atoms with Gasteiger partial charge in [0.15, 0.2) is 5.69 Å². The van der Waals surface area contributed by atoms with Gasteiger partial charge in [-0.25, -0.2) is 13.8 Å². The monoisotopic (exact) mass is 491 g/mol. The van der Waals surface area contributed by atoms with Gasteiger partial charge in [-0.15, -0.1) is 0 Å². The van der Waals surface area contributed by atoms with E-state index < -0.39 is 46.4 Å². The molecule has 4 aromatic rings. The van der Waals surface area contributed by atoms with Crippen LogP contribution >= 0.6 is 0 Å². The van der Waals surface area contributed by atoms with Gasteiger partial charge in [-0.3, -0.25) is 14.2 Å². The van der Waals surface area contributed by atoms with Gasteiger partial charge < -0.3 is 14.9 Å². The maximum Gasteiger partial charge on any atom is 0.296 e. The number of aromatic nitrogens is 3. The third-order valence-corrected chi connectivity index (χ3v) is 5.83. The zero-order chi connectivity index (χ0) is 26.0. The number of nitrogens with zero attached hydrogens (tertiary/aromatic N) is 4. The maximum atomic E-state index is 15.0. The molecule has 9 nitrogen and oxygen atoms in total. The van der Waals surface area contributed by atoms with Crippen LogP contribution in [0.1, 0.15) is 51.8 Å². The summed E-state index contributed by atoms with van der Waals surface area (Å²) in [6.45, 7) is 1.63. The van der Waals surface area contributed by atoms with Crippen LogP contribution < -0.4 is 10.9 Å². The van der Waals surface area contributed by atoms with E-state index in [9.17, 15) is 24.3 Å². The summed E-state index contributed by atoms with van der Waals surface area (Å²) in [5, 5.41) is 25.9. The average Bonchev–Trinajstić information content (AvgIpc) is 3.37. The van der Waals surface area contributed by atoms with Crippen molar-refractivity contribution >= 4 is 11.6 Å². The van der Waals surface area contributed by atoms with Crippen molar-refractivity contribution in [3.05, 3.63) is 105 Å². The van der Waals surface area contributed by atoms with Crippen LogP contribution in [0, 0.1) is 23.0 Å². The Balaban J connectivity index is 1.90. The van der Waals surface area contributed by atoms with Gasteiger partial charge in [0.25, 0.3) is 11.5 Å². The van der Waals surface area contributed by atoms with Crippen LogP contribution in [0.2, 0.25) is 0 Å². The molecule has 0 aliphatic carbocycles. The number of amides is 1. The second-order valence-corrected chi connectivity index (χ2v) is 8.03. The third-order valence-electron chi connectivity index (χ3n) is 5.83. The number of benzene rings is 2. The summed E-state index contributed by atoms with van der Waals surface area (Å²) >= 11 is 0. The molecule has 0 radical (unpaired) electrons. The molecule has 11 heteroatoms. The fraction of sp³-hybridized carbons (Fsp3) is 0.160. The van der Waals surface area contributed by atoms with E-state index in [0.29, 0.717) is 5.56 Å². The van der Waals surface area contributed by atoms with E-state index in [0.717, 1.165) is 23.0 Å². The number of rotatable bonds is 6. The first-order chi connectivity index (χ1) is 17.2. The van der Waals surface area contributed by atoms with Crippen molar-refractivity contribution in [1.29, 1.82) is 5.26 Å². The highest BCUT2D eigenvalue weighted by atomic mass is 19.1. The minimum Gasteiger partial charge on any atom is -0.501 e. The lowest BCUT2D eigenvalue weighted by molar-refractivity contribution is 0.101. The molecule has 2 N–H and O–H groups in total. The van der Waals surface area contributed by atoms with E-state index in [1.165, 1.54) is 19.3 Å². The third kappa shape index (κ3) is 4.44. The predicted molar refractivity (Wildman–Crippen MR) is 123 cm³/mol. The fourth-order valence-corrected chi connectivity index (χ4v) is 4.11. The maximum absolute atomic E-state index is 15.0. The second kappa shape index (κ2) is 9.79. The van der Waals surface area contributed by atoms with Gasteiger partial charge in [0, 0.05) is 24.9 Å². The molecule has 2 atom stereocenters. The summed E-state index contributed by atoms with van der Waals surface area (Å²) in [5.41, 5.74) is -0.583.